The predicted molar refractivity (Wildman–Crippen MR) is 82.2 cm³/mol. The minimum atomic E-state index is -3.69. The van der Waals surface area contributed by atoms with E-state index < -0.39 is 15.9 Å². The molecule has 0 aromatic heterocycles. The van der Waals surface area contributed by atoms with Crippen molar-refractivity contribution in [3.8, 4) is 11.5 Å². The quantitative estimate of drug-likeness (QED) is 0.801. The summed E-state index contributed by atoms with van der Waals surface area (Å²) in [5.41, 5.74) is 3.06. The summed E-state index contributed by atoms with van der Waals surface area (Å²) in [7, 11) is -3.69. The second-order valence-electron chi connectivity index (χ2n) is 4.87. The summed E-state index contributed by atoms with van der Waals surface area (Å²) in [4.78, 5) is 14.1. The molecular weight excluding hydrogens is 320 g/mol. The predicted octanol–water partition coefficient (Wildman–Crippen LogP) is 1.18. The number of sulfonamides is 1. The lowest BCUT2D eigenvalue weighted by Gasteiger charge is -2.09. The molecule has 0 aliphatic carbocycles. The van der Waals surface area contributed by atoms with Crippen molar-refractivity contribution >= 4 is 15.9 Å². The number of fused-ring (bicyclic) bond motifs is 1. The van der Waals surface area contributed by atoms with Crippen molar-refractivity contribution in [3.05, 3.63) is 59.7 Å². The molecule has 23 heavy (non-hydrogen) atoms. The Kier molecular flexibility index (Phi) is 4.18. The lowest BCUT2D eigenvalue weighted by Crippen LogP contribution is -2.42. The maximum atomic E-state index is 12.0. The second-order valence-corrected chi connectivity index (χ2v) is 6.59. The Morgan fingerprint density at radius 1 is 1.04 bits per heavy atom. The molecule has 7 nitrogen and oxygen atoms in total. The first kappa shape index (κ1) is 15.3. The minimum Gasteiger partial charge on any atom is -0.454 e. The highest BCUT2D eigenvalue weighted by Crippen LogP contribution is 2.32. The van der Waals surface area contributed by atoms with Crippen LogP contribution in [-0.4, -0.2) is 21.1 Å². The lowest BCUT2D eigenvalue weighted by atomic mass is 10.2. The Labute approximate surface area is 133 Å². The van der Waals surface area contributed by atoms with Crippen molar-refractivity contribution in [3.63, 3.8) is 0 Å². The SMILES string of the molecule is O=C(NNS(=O)(=O)Cc1ccccc1)c1ccc2c(c1)OCO2. The molecule has 0 saturated heterocycles. The Hall–Kier alpha value is -2.58. The normalized spacial score (nSPS) is 12.9. The fourth-order valence-electron chi connectivity index (χ4n) is 2.06. The van der Waals surface area contributed by atoms with Gasteiger partial charge >= 0.3 is 0 Å². The minimum absolute atomic E-state index is 0.101. The van der Waals surface area contributed by atoms with E-state index in [1.54, 1.807) is 36.4 Å². The van der Waals surface area contributed by atoms with Gasteiger partial charge in [-0.2, -0.15) is 0 Å². The smallest absolute Gasteiger partial charge is 0.266 e. The van der Waals surface area contributed by atoms with Gasteiger partial charge in [-0.05, 0) is 23.8 Å². The largest absolute Gasteiger partial charge is 0.454 e. The highest BCUT2D eigenvalue weighted by molar-refractivity contribution is 7.88. The van der Waals surface area contributed by atoms with Crippen molar-refractivity contribution < 1.29 is 22.7 Å². The molecule has 1 heterocycles. The van der Waals surface area contributed by atoms with E-state index >= 15 is 0 Å². The molecule has 1 aliphatic heterocycles. The fourth-order valence-corrected chi connectivity index (χ4v) is 3.02. The van der Waals surface area contributed by atoms with Crippen LogP contribution in [0.5, 0.6) is 11.5 Å². The van der Waals surface area contributed by atoms with Crippen LogP contribution in [0, 0.1) is 0 Å². The van der Waals surface area contributed by atoms with Crippen LogP contribution in [0.15, 0.2) is 48.5 Å². The summed E-state index contributed by atoms with van der Waals surface area (Å²) in [6.45, 7) is 0.101. The third kappa shape index (κ3) is 3.79. The number of rotatable bonds is 5. The van der Waals surface area contributed by atoms with E-state index in [0.29, 0.717) is 17.1 Å². The first-order valence-corrected chi connectivity index (χ1v) is 8.42. The fraction of sp³-hybridized carbons (Fsp3) is 0.133. The molecule has 8 heteroatoms. The van der Waals surface area contributed by atoms with Gasteiger partial charge in [0.1, 0.15) is 0 Å². The summed E-state index contributed by atoms with van der Waals surface area (Å²) in [5, 5.41) is 0. The molecule has 0 saturated carbocycles. The average Bonchev–Trinajstić information content (AvgIpc) is 3.01. The second kappa shape index (κ2) is 6.27. The van der Waals surface area contributed by atoms with Crippen molar-refractivity contribution in [2.45, 2.75) is 5.75 Å². The summed E-state index contributed by atoms with van der Waals surface area (Å²) in [6.07, 6.45) is 0. The van der Waals surface area contributed by atoms with Gasteiger partial charge in [0.15, 0.2) is 11.5 Å². The summed E-state index contributed by atoms with van der Waals surface area (Å²) >= 11 is 0. The number of carbonyl (C=O) groups excluding carboxylic acids is 1. The van der Waals surface area contributed by atoms with Crippen molar-refractivity contribution in [1.82, 2.24) is 10.3 Å². The molecule has 120 valence electrons. The molecule has 0 unspecified atom stereocenters. The van der Waals surface area contributed by atoms with Gasteiger partial charge < -0.3 is 9.47 Å². The Bertz CT molecular complexity index is 821. The van der Waals surface area contributed by atoms with Crippen LogP contribution in [0.25, 0.3) is 0 Å². The molecule has 2 aromatic rings. The van der Waals surface area contributed by atoms with E-state index in [2.05, 4.69) is 10.3 Å². The van der Waals surface area contributed by atoms with E-state index in [-0.39, 0.29) is 18.1 Å². The molecule has 2 aromatic carbocycles. The third-order valence-corrected chi connectivity index (χ3v) is 4.28. The zero-order chi connectivity index (χ0) is 16.3. The van der Waals surface area contributed by atoms with Gasteiger partial charge in [0.05, 0.1) is 5.75 Å². The molecule has 0 bridgehead atoms. The number of hydrazine groups is 1. The molecule has 0 atom stereocenters. The van der Waals surface area contributed by atoms with Gasteiger partial charge in [-0.15, -0.1) is 4.83 Å². The number of nitrogens with one attached hydrogen (secondary N) is 2. The van der Waals surface area contributed by atoms with Crippen LogP contribution in [0.3, 0.4) is 0 Å². The highest BCUT2D eigenvalue weighted by Gasteiger charge is 2.18. The van der Waals surface area contributed by atoms with E-state index in [0.717, 1.165) is 0 Å². The number of hydrogen-bond donors (Lipinski definition) is 2. The number of hydrogen-bond acceptors (Lipinski definition) is 5. The van der Waals surface area contributed by atoms with Gasteiger partial charge in [0, 0.05) is 5.56 Å². The molecule has 0 radical (unpaired) electrons. The van der Waals surface area contributed by atoms with Gasteiger partial charge in [-0.25, -0.2) is 8.42 Å². The number of carbonyl (C=O) groups is 1. The van der Waals surface area contributed by atoms with Gasteiger partial charge in [0.2, 0.25) is 16.8 Å². The van der Waals surface area contributed by atoms with E-state index in [4.69, 9.17) is 9.47 Å². The first-order valence-electron chi connectivity index (χ1n) is 6.77. The molecule has 2 N–H and O–H groups in total. The van der Waals surface area contributed by atoms with Crippen LogP contribution in [-0.2, 0) is 15.8 Å². The van der Waals surface area contributed by atoms with Crippen LogP contribution in [0.1, 0.15) is 15.9 Å². The zero-order valence-electron chi connectivity index (χ0n) is 12.0. The third-order valence-electron chi connectivity index (χ3n) is 3.15. The van der Waals surface area contributed by atoms with E-state index in [1.807, 2.05) is 0 Å². The number of benzene rings is 2. The Morgan fingerprint density at radius 3 is 2.57 bits per heavy atom. The van der Waals surface area contributed by atoms with Crippen LogP contribution in [0.4, 0.5) is 0 Å². The summed E-state index contributed by atoms with van der Waals surface area (Å²) in [6, 6.07) is 13.3. The Morgan fingerprint density at radius 2 is 1.78 bits per heavy atom. The Balaban J connectivity index is 1.62. The maximum Gasteiger partial charge on any atom is 0.266 e. The van der Waals surface area contributed by atoms with Crippen molar-refractivity contribution in [1.29, 1.82) is 0 Å². The molecule has 1 aliphatic rings. The molecule has 1 amide bonds. The molecule has 0 fully saturated rings. The van der Waals surface area contributed by atoms with Crippen LogP contribution < -0.4 is 19.7 Å². The van der Waals surface area contributed by atoms with Gasteiger partial charge in [-0.3, -0.25) is 10.2 Å². The molecule has 0 spiro atoms. The number of amides is 1. The standard InChI is InChI=1S/C15H14N2O5S/c18-15(12-6-7-13-14(8-12)22-10-21-13)16-17-23(19,20)9-11-4-2-1-3-5-11/h1-8,17H,9-10H2,(H,16,18). The topological polar surface area (TPSA) is 93.7 Å². The van der Waals surface area contributed by atoms with Crippen LogP contribution in [0.2, 0.25) is 0 Å². The summed E-state index contributed by atoms with van der Waals surface area (Å²) in [5.74, 6) is 0.186. The lowest BCUT2D eigenvalue weighted by molar-refractivity contribution is 0.0944. The van der Waals surface area contributed by atoms with Crippen LogP contribution >= 0.6 is 0 Å². The average molecular weight is 334 g/mol. The molecule has 3 rings (SSSR count). The first-order chi connectivity index (χ1) is 11.0. The number of ether oxygens (including phenoxy) is 2. The maximum absolute atomic E-state index is 12.0. The van der Waals surface area contributed by atoms with E-state index in [1.165, 1.54) is 12.1 Å². The highest BCUT2D eigenvalue weighted by atomic mass is 32.2. The zero-order valence-corrected chi connectivity index (χ0v) is 12.8. The summed E-state index contributed by atoms with van der Waals surface area (Å²) < 4.78 is 34.2. The van der Waals surface area contributed by atoms with Gasteiger partial charge in [-0.1, -0.05) is 30.3 Å². The van der Waals surface area contributed by atoms with Crippen molar-refractivity contribution in [2.75, 3.05) is 6.79 Å². The van der Waals surface area contributed by atoms with Gasteiger partial charge in [0.25, 0.3) is 5.91 Å². The van der Waals surface area contributed by atoms with Crippen molar-refractivity contribution in [2.24, 2.45) is 0 Å². The molecular formula is C15H14N2O5S. The monoisotopic (exact) mass is 334 g/mol. The van der Waals surface area contributed by atoms with E-state index in [9.17, 15) is 13.2 Å².